The predicted molar refractivity (Wildman–Crippen MR) is 84.1 cm³/mol. The molecule has 0 aromatic heterocycles. The molecule has 0 saturated carbocycles. The van der Waals surface area contributed by atoms with E-state index < -0.39 is 5.91 Å². The van der Waals surface area contributed by atoms with Crippen molar-refractivity contribution in [3.05, 3.63) is 51.5 Å². The molecule has 1 amide bonds. The van der Waals surface area contributed by atoms with Crippen molar-refractivity contribution in [3.63, 3.8) is 0 Å². The number of nitrogens with two attached hydrogens (primary N) is 1. The second-order valence-electron chi connectivity index (χ2n) is 4.62. The largest absolute Gasteiger partial charge is 0.505 e. The first-order valence-corrected chi connectivity index (χ1v) is 6.85. The molecule has 0 unspecified atom stereocenters. The molecule has 0 atom stereocenters. The molecular weight excluding hydrogens is 320 g/mol. The highest BCUT2D eigenvalue weighted by Gasteiger charge is 2.13. The van der Waals surface area contributed by atoms with Crippen molar-refractivity contribution >= 4 is 33.2 Å². The second kappa shape index (κ2) is 5.54. The standard InChI is InChI=1S/C15H15BrN2O2/c1-8-6-10(7-9(2)13(8)16)18-15(20)11-4-3-5-12(17)14(11)19/h3-7,19H,17H2,1-2H3,(H,18,20). The number of benzene rings is 2. The zero-order valence-corrected chi connectivity index (χ0v) is 12.8. The molecule has 0 heterocycles. The van der Waals surface area contributed by atoms with Gasteiger partial charge in [0.25, 0.3) is 5.91 Å². The molecule has 0 aliphatic rings. The van der Waals surface area contributed by atoms with Gasteiger partial charge < -0.3 is 16.2 Å². The van der Waals surface area contributed by atoms with Crippen LogP contribution < -0.4 is 11.1 Å². The van der Waals surface area contributed by atoms with Crippen molar-refractivity contribution in [2.24, 2.45) is 0 Å². The Labute approximate surface area is 125 Å². The lowest BCUT2D eigenvalue weighted by Crippen LogP contribution is -2.13. The maximum atomic E-state index is 12.2. The summed E-state index contributed by atoms with van der Waals surface area (Å²) >= 11 is 3.48. The van der Waals surface area contributed by atoms with E-state index in [0.717, 1.165) is 15.6 Å². The van der Waals surface area contributed by atoms with Crippen LogP contribution in [-0.4, -0.2) is 11.0 Å². The van der Waals surface area contributed by atoms with Gasteiger partial charge >= 0.3 is 0 Å². The lowest BCUT2D eigenvalue weighted by atomic mass is 10.1. The molecule has 0 bridgehead atoms. The van der Waals surface area contributed by atoms with E-state index in [9.17, 15) is 9.90 Å². The number of hydrogen-bond acceptors (Lipinski definition) is 3. The summed E-state index contributed by atoms with van der Waals surface area (Å²) in [6.45, 7) is 3.90. The third-order valence-electron chi connectivity index (χ3n) is 3.01. The fourth-order valence-corrected chi connectivity index (χ4v) is 2.19. The molecule has 0 saturated heterocycles. The minimum Gasteiger partial charge on any atom is -0.505 e. The smallest absolute Gasteiger partial charge is 0.259 e. The van der Waals surface area contributed by atoms with E-state index in [-0.39, 0.29) is 17.0 Å². The number of amides is 1. The topological polar surface area (TPSA) is 75.4 Å². The molecule has 2 rings (SSSR count). The van der Waals surface area contributed by atoms with E-state index in [1.807, 2.05) is 26.0 Å². The monoisotopic (exact) mass is 334 g/mol. The Bertz CT molecular complexity index is 661. The van der Waals surface area contributed by atoms with Crippen molar-refractivity contribution in [2.75, 3.05) is 11.1 Å². The molecular formula is C15H15BrN2O2. The van der Waals surface area contributed by atoms with E-state index in [2.05, 4.69) is 21.2 Å². The number of aromatic hydroxyl groups is 1. The fourth-order valence-electron chi connectivity index (χ4n) is 1.96. The third kappa shape index (κ3) is 2.77. The number of para-hydroxylation sites is 1. The molecule has 4 N–H and O–H groups in total. The number of carbonyl (C=O) groups is 1. The van der Waals surface area contributed by atoms with Gasteiger partial charge in [-0.2, -0.15) is 0 Å². The zero-order chi connectivity index (χ0) is 14.9. The van der Waals surface area contributed by atoms with E-state index in [1.54, 1.807) is 12.1 Å². The highest BCUT2D eigenvalue weighted by atomic mass is 79.9. The number of carbonyl (C=O) groups excluding carboxylic acids is 1. The van der Waals surface area contributed by atoms with Crippen LogP contribution in [0.15, 0.2) is 34.8 Å². The Hall–Kier alpha value is -2.01. The summed E-state index contributed by atoms with van der Waals surface area (Å²) in [5.74, 6) is -0.591. The van der Waals surface area contributed by atoms with Gasteiger partial charge in [-0.05, 0) is 49.2 Å². The quantitative estimate of drug-likeness (QED) is 0.580. The molecule has 104 valence electrons. The number of nitrogen functional groups attached to an aromatic ring is 1. The SMILES string of the molecule is Cc1cc(NC(=O)c2cccc(N)c2O)cc(C)c1Br. The number of aryl methyl sites for hydroxylation is 2. The first-order chi connectivity index (χ1) is 9.40. The van der Waals surface area contributed by atoms with Crippen molar-refractivity contribution in [1.82, 2.24) is 0 Å². The molecule has 2 aromatic rings. The van der Waals surface area contributed by atoms with Crippen LogP contribution in [0.4, 0.5) is 11.4 Å². The van der Waals surface area contributed by atoms with Crippen LogP contribution in [-0.2, 0) is 0 Å². The van der Waals surface area contributed by atoms with Gasteiger partial charge in [0, 0.05) is 10.2 Å². The summed E-state index contributed by atoms with van der Waals surface area (Å²) in [5, 5.41) is 12.6. The van der Waals surface area contributed by atoms with Gasteiger partial charge in [0.1, 0.15) is 0 Å². The molecule has 5 heteroatoms. The van der Waals surface area contributed by atoms with Crippen LogP contribution in [0.1, 0.15) is 21.5 Å². The highest BCUT2D eigenvalue weighted by Crippen LogP contribution is 2.27. The normalized spacial score (nSPS) is 10.3. The van der Waals surface area contributed by atoms with Crippen LogP contribution in [0.2, 0.25) is 0 Å². The van der Waals surface area contributed by atoms with Crippen molar-refractivity contribution in [1.29, 1.82) is 0 Å². The first-order valence-electron chi connectivity index (χ1n) is 6.05. The molecule has 2 aromatic carbocycles. The summed E-state index contributed by atoms with van der Waals surface area (Å²) in [6, 6.07) is 8.42. The average Bonchev–Trinajstić information content (AvgIpc) is 2.39. The highest BCUT2D eigenvalue weighted by molar-refractivity contribution is 9.10. The Morgan fingerprint density at radius 2 is 1.85 bits per heavy atom. The minimum absolute atomic E-state index is 0.156. The van der Waals surface area contributed by atoms with Crippen LogP contribution in [0, 0.1) is 13.8 Å². The van der Waals surface area contributed by atoms with E-state index in [1.165, 1.54) is 6.07 Å². The van der Waals surface area contributed by atoms with E-state index >= 15 is 0 Å². The first kappa shape index (κ1) is 14.4. The minimum atomic E-state index is -0.393. The molecule has 0 spiro atoms. The van der Waals surface area contributed by atoms with Crippen LogP contribution in [0.5, 0.6) is 5.75 Å². The predicted octanol–water partition coefficient (Wildman–Crippen LogP) is 3.61. The van der Waals surface area contributed by atoms with Crippen LogP contribution >= 0.6 is 15.9 Å². The lowest BCUT2D eigenvalue weighted by Gasteiger charge is -2.11. The number of nitrogens with one attached hydrogen (secondary N) is 1. The molecule has 4 nitrogen and oxygen atoms in total. The average molecular weight is 335 g/mol. The van der Waals surface area contributed by atoms with Gasteiger partial charge in [-0.3, -0.25) is 4.79 Å². The van der Waals surface area contributed by atoms with Gasteiger partial charge in [0.05, 0.1) is 11.3 Å². The zero-order valence-electron chi connectivity index (χ0n) is 11.2. The molecule has 0 radical (unpaired) electrons. The van der Waals surface area contributed by atoms with Gasteiger partial charge in [-0.15, -0.1) is 0 Å². The van der Waals surface area contributed by atoms with Crippen LogP contribution in [0.25, 0.3) is 0 Å². The maximum Gasteiger partial charge on any atom is 0.259 e. The lowest BCUT2D eigenvalue weighted by molar-refractivity contribution is 0.102. The van der Waals surface area contributed by atoms with Gasteiger partial charge in [0.15, 0.2) is 5.75 Å². The van der Waals surface area contributed by atoms with Gasteiger partial charge in [-0.25, -0.2) is 0 Å². The van der Waals surface area contributed by atoms with Gasteiger partial charge in [0.2, 0.25) is 0 Å². The number of anilines is 2. The summed E-state index contributed by atoms with van der Waals surface area (Å²) in [7, 11) is 0. The number of phenolic OH excluding ortho intramolecular Hbond substituents is 1. The number of halogens is 1. The molecule has 0 aliphatic carbocycles. The molecule has 0 fully saturated rings. The molecule has 0 aliphatic heterocycles. The maximum absolute atomic E-state index is 12.2. The van der Waals surface area contributed by atoms with Crippen molar-refractivity contribution in [3.8, 4) is 5.75 Å². The number of rotatable bonds is 2. The fraction of sp³-hybridized carbons (Fsp3) is 0.133. The Balaban J connectivity index is 2.30. The van der Waals surface area contributed by atoms with Gasteiger partial charge in [-0.1, -0.05) is 22.0 Å². The van der Waals surface area contributed by atoms with Crippen molar-refractivity contribution in [2.45, 2.75) is 13.8 Å². The Morgan fingerprint density at radius 1 is 1.25 bits per heavy atom. The number of hydrogen-bond donors (Lipinski definition) is 3. The summed E-state index contributed by atoms with van der Waals surface area (Å²) < 4.78 is 1.02. The van der Waals surface area contributed by atoms with E-state index in [4.69, 9.17) is 5.73 Å². The van der Waals surface area contributed by atoms with E-state index in [0.29, 0.717) is 5.69 Å². The summed E-state index contributed by atoms with van der Waals surface area (Å²) in [5.41, 5.74) is 8.65. The van der Waals surface area contributed by atoms with Crippen LogP contribution in [0.3, 0.4) is 0 Å². The second-order valence-corrected chi connectivity index (χ2v) is 5.41. The third-order valence-corrected chi connectivity index (χ3v) is 4.26. The molecule has 20 heavy (non-hydrogen) atoms. The Kier molecular flexibility index (Phi) is 3.99. The summed E-state index contributed by atoms with van der Waals surface area (Å²) in [4.78, 5) is 12.2. The number of phenols is 1. The summed E-state index contributed by atoms with van der Waals surface area (Å²) in [6.07, 6.45) is 0. The Morgan fingerprint density at radius 3 is 2.45 bits per heavy atom. The van der Waals surface area contributed by atoms with Crippen molar-refractivity contribution < 1.29 is 9.90 Å².